The van der Waals surface area contributed by atoms with Crippen LogP contribution in [0.3, 0.4) is 0 Å². The fourth-order valence-electron chi connectivity index (χ4n) is 3.82. The van der Waals surface area contributed by atoms with Crippen LogP contribution in [0, 0.1) is 17.3 Å². The van der Waals surface area contributed by atoms with E-state index in [1.807, 2.05) is 0 Å². The predicted molar refractivity (Wildman–Crippen MR) is 69.9 cm³/mol. The molecule has 2 amide bonds. The molecule has 2 aliphatic rings. The maximum atomic E-state index is 12.2. The highest BCUT2D eigenvalue weighted by Crippen LogP contribution is 2.47. The first-order chi connectivity index (χ1) is 8.44. The molecule has 4 heteroatoms. The zero-order valence-corrected chi connectivity index (χ0v) is 11.7. The molecule has 1 spiro atoms. The van der Waals surface area contributed by atoms with Crippen molar-refractivity contribution >= 4 is 11.8 Å². The highest BCUT2D eigenvalue weighted by atomic mass is 16.2. The second-order valence-electron chi connectivity index (χ2n) is 6.33. The van der Waals surface area contributed by atoms with E-state index >= 15 is 0 Å². The monoisotopic (exact) mass is 252 g/mol. The van der Waals surface area contributed by atoms with Crippen LogP contribution >= 0.6 is 0 Å². The van der Waals surface area contributed by atoms with Gasteiger partial charge in [-0.15, -0.1) is 0 Å². The number of nitrogens with zero attached hydrogens (tertiary/aromatic N) is 1. The molecular formula is C14H24N2O2. The van der Waals surface area contributed by atoms with Gasteiger partial charge in [-0.05, 0) is 50.7 Å². The van der Waals surface area contributed by atoms with E-state index in [0.717, 1.165) is 32.4 Å². The number of carbonyl (C=O) groups is 2. The van der Waals surface area contributed by atoms with Crippen molar-refractivity contribution in [1.29, 1.82) is 0 Å². The third kappa shape index (κ3) is 2.44. The molecule has 2 saturated heterocycles. The van der Waals surface area contributed by atoms with Crippen molar-refractivity contribution in [3.63, 3.8) is 0 Å². The molecule has 2 unspecified atom stereocenters. The van der Waals surface area contributed by atoms with Crippen molar-refractivity contribution in [3.8, 4) is 0 Å². The van der Waals surface area contributed by atoms with Crippen LogP contribution in [-0.4, -0.2) is 36.9 Å². The molecule has 2 aliphatic heterocycles. The number of hydrogen-bond acceptors (Lipinski definition) is 3. The minimum atomic E-state index is -0.0989. The number of piperidine rings is 1. The van der Waals surface area contributed by atoms with E-state index in [0.29, 0.717) is 12.3 Å². The summed E-state index contributed by atoms with van der Waals surface area (Å²) in [5.74, 6) is 0.149. The molecule has 102 valence electrons. The summed E-state index contributed by atoms with van der Waals surface area (Å²) in [6, 6.07) is 0. The number of carbonyl (C=O) groups excluding carboxylic acids is 2. The lowest BCUT2D eigenvalue weighted by atomic mass is 9.62. The lowest BCUT2D eigenvalue weighted by Crippen LogP contribution is -2.54. The molecule has 0 aromatic carbocycles. The number of likely N-dealkylation sites (tertiary alicyclic amines) is 1. The van der Waals surface area contributed by atoms with Crippen LogP contribution in [-0.2, 0) is 9.59 Å². The molecule has 2 heterocycles. The van der Waals surface area contributed by atoms with Crippen LogP contribution in [0.25, 0.3) is 0 Å². The van der Waals surface area contributed by atoms with E-state index in [4.69, 9.17) is 0 Å². The Labute approximate surface area is 109 Å². The van der Waals surface area contributed by atoms with Crippen LogP contribution in [0.1, 0.15) is 39.5 Å². The maximum absolute atomic E-state index is 12.2. The maximum Gasteiger partial charge on any atom is 0.230 e. The third-order valence-corrected chi connectivity index (χ3v) is 4.59. The number of amides is 2. The highest BCUT2D eigenvalue weighted by Gasteiger charge is 2.49. The van der Waals surface area contributed by atoms with Crippen molar-refractivity contribution < 1.29 is 9.59 Å². The molecule has 4 nitrogen and oxygen atoms in total. The fraction of sp³-hybridized carbons (Fsp3) is 0.857. The molecule has 0 bridgehead atoms. The second kappa shape index (κ2) is 5.00. The van der Waals surface area contributed by atoms with Crippen LogP contribution in [0.15, 0.2) is 0 Å². The van der Waals surface area contributed by atoms with Crippen LogP contribution in [0.2, 0.25) is 0 Å². The van der Waals surface area contributed by atoms with Crippen LogP contribution < -0.4 is 5.32 Å². The van der Waals surface area contributed by atoms with Gasteiger partial charge in [-0.1, -0.05) is 13.8 Å². The molecule has 0 aromatic rings. The average Bonchev–Trinajstić information content (AvgIpc) is 2.40. The molecule has 0 aromatic heterocycles. The lowest BCUT2D eigenvalue weighted by Gasteiger charge is -2.44. The van der Waals surface area contributed by atoms with Gasteiger partial charge < -0.3 is 4.90 Å². The fourth-order valence-corrected chi connectivity index (χ4v) is 3.82. The van der Waals surface area contributed by atoms with Gasteiger partial charge in [0.05, 0.1) is 0 Å². The molecule has 2 rings (SSSR count). The quantitative estimate of drug-likeness (QED) is 0.718. The minimum absolute atomic E-state index is 0.0123. The third-order valence-electron chi connectivity index (χ3n) is 4.59. The summed E-state index contributed by atoms with van der Waals surface area (Å²) < 4.78 is 0. The summed E-state index contributed by atoms with van der Waals surface area (Å²) in [7, 11) is 2.12. The normalized spacial score (nSPS) is 34.8. The SMILES string of the molecule is CC(C)C1C(=O)NC(=O)CC12CCCN(C)CC2. The zero-order valence-electron chi connectivity index (χ0n) is 11.7. The first-order valence-electron chi connectivity index (χ1n) is 6.97. The van der Waals surface area contributed by atoms with Gasteiger partial charge in [0, 0.05) is 12.3 Å². The number of rotatable bonds is 1. The van der Waals surface area contributed by atoms with Crippen molar-refractivity contribution in [1.82, 2.24) is 10.2 Å². The summed E-state index contributed by atoms with van der Waals surface area (Å²) in [6.07, 6.45) is 3.57. The smallest absolute Gasteiger partial charge is 0.230 e. The van der Waals surface area contributed by atoms with E-state index < -0.39 is 0 Å². The molecule has 0 saturated carbocycles. The van der Waals surface area contributed by atoms with Gasteiger partial charge in [0.1, 0.15) is 0 Å². The Hall–Kier alpha value is -0.900. The topological polar surface area (TPSA) is 49.4 Å². The Morgan fingerprint density at radius 2 is 2.00 bits per heavy atom. The molecule has 2 fully saturated rings. The Balaban J connectivity index is 2.29. The molecular weight excluding hydrogens is 228 g/mol. The summed E-state index contributed by atoms with van der Waals surface area (Å²) in [4.78, 5) is 26.2. The van der Waals surface area contributed by atoms with Gasteiger partial charge in [0.2, 0.25) is 11.8 Å². The molecule has 1 N–H and O–H groups in total. The molecule has 18 heavy (non-hydrogen) atoms. The number of hydrogen-bond donors (Lipinski definition) is 1. The van der Waals surface area contributed by atoms with Crippen LogP contribution in [0.4, 0.5) is 0 Å². The second-order valence-corrected chi connectivity index (χ2v) is 6.33. The first-order valence-corrected chi connectivity index (χ1v) is 6.97. The van der Waals surface area contributed by atoms with E-state index in [2.05, 4.69) is 31.1 Å². The van der Waals surface area contributed by atoms with Gasteiger partial charge >= 0.3 is 0 Å². The largest absolute Gasteiger partial charge is 0.306 e. The van der Waals surface area contributed by atoms with Gasteiger partial charge in [-0.2, -0.15) is 0 Å². The van der Waals surface area contributed by atoms with Gasteiger partial charge in [0.25, 0.3) is 0 Å². The molecule has 0 aliphatic carbocycles. The first kappa shape index (κ1) is 13.5. The minimum Gasteiger partial charge on any atom is -0.306 e. The van der Waals surface area contributed by atoms with Gasteiger partial charge in [-0.3, -0.25) is 14.9 Å². The Morgan fingerprint density at radius 3 is 2.67 bits per heavy atom. The van der Waals surface area contributed by atoms with E-state index in [9.17, 15) is 9.59 Å². The van der Waals surface area contributed by atoms with E-state index in [-0.39, 0.29) is 23.1 Å². The zero-order chi connectivity index (χ0) is 13.3. The Kier molecular flexibility index (Phi) is 3.76. The van der Waals surface area contributed by atoms with Crippen molar-refractivity contribution in [3.05, 3.63) is 0 Å². The van der Waals surface area contributed by atoms with Crippen molar-refractivity contribution in [2.45, 2.75) is 39.5 Å². The lowest BCUT2D eigenvalue weighted by molar-refractivity contribution is -0.146. The van der Waals surface area contributed by atoms with E-state index in [1.165, 1.54) is 0 Å². The summed E-state index contributed by atoms with van der Waals surface area (Å²) in [5.41, 5.74) is -0.0989. The summed E-state index contributed by atoms with van der Waals surface area (Å²) >= 11 is 0. The number of nitrogens with one attached hydrogen (secondary N) is 1. The molecule has 0 radical (unpaired) electrons. The standard InChI is InChI=1S/C14H24N2O2/c1-10(2)12-13(18)15-11(17)9-14(12)5-4-7-16(3)8-6-14/h10,12H,4-9H2,1-3H3,(H,15,17,18). The number of imide groups is 1. The average molecular weight is 252 g/mol. The highest BCUT2D eigenvalue weighted by molar-refractivity contribution is 5.99. The van der Waals surface area contributed by atoms with Gasteiger partial charge in [-0.25, -0.2) is 0 Å². The summed E-state index contributed by atoms with van der Waals surface area (Å²) in [6.45, 7) is 6.25. The van der Waals surface area contributed by atoms with E-state index in [1.54, 1.807) is 0 Å². The van der Waals surface area contributed by atoms with Crippen molar-refractivity contribution in [2.75, 3.05) is 20.1 Å². The van der Waals surface area contributed by atoms with Crippen molar-refractivity contribution in [2.24, 2.45) is 17.3 Å². The Bertz CT molecular complexity index is 354. The predicted octanol–water partition coefficient (Wildman–Crippen LogP) is 1.41. The van der Waals surface area contributed by atoms with Crippen LogP contribution in [0.5, 0.6) is 0 Å². The molecule has 2 atom stereocenters. The van der Waals surface area contributed by atoms with Gasteiger partial charge in [0.15, 0.2) is 0 Å². The Morgan fingerprint density at radius 1 is 1.28 bits per heavy atom. The summed E-state index contributed by atoms with van der Waals surface area (Å²) in [5, 5.41) is 2.52.